The van der Waals surface area contributed by atoms with Gasteiger partial charge in [-0.05, 0) is 36.2 Å². The number of aromatic nitrogens is 6. The van der Waals surface area contributed by atoms with Crippen LogP contribution in [-0.4, -0.2) is 42.9 Å². The Morgan fingerprint density at radius 1 is 1.08 bits per heavy atom. The molecule has 0 aliphatic carbocycles. The normalized spacial score (nSPS) is 20.0. The Hall–Kier alpha value is -3.06. The topological polar surface area (TPSA) is 81.5 Å². The molecule has 5 heterocycles. The third-order valence-electron chi connectivity index (χ3n) is 4.99. The molecule has 0 radical (unpaired) electrons. The maximum absolute atomic E-state index is 5.82. The molecule has 4 aromatic heterocycles. The van der Waals surface area contributed by atoms with Crippen molar-refractivity contribution in [2.45, 2.75) is 12.5 Å². The number of imidazole rings is 1. The first-order valence-corrected chi connectivity index (χ1v) is 8.69. The maximum atomic E-state index is 5.82. The molecule has 0 saturated carbocycles. The minimum atomic E-state index is 0.232. The van der Waals surface area contributed by atoms with Gasteiger partial charge in [0.25, 0.3) is 0 Å². The summed E-state index contributed by atoms with van der Waals surface area (Å²) < 4.78 is 8.03. The number of hydrogen-bond acceptors (Lipinski definition) is 5. The van der Waals surface area contributed by atoms with Gasteiger partial charge in [-0.2, -0.15) is 5.10 Å². The van der Waals surface area contributed by atoms with Crippen molar-refractivity contribution < 1.29 is 4.74 Å². The van der Waals surface area contributed by atoms with E-state index in [2.05, 4.69) is 41.8 Å². The van der Waals surface area contributed by atoms with Crippen LogP contribution >= 0.6 is 0 Å². The predicted octanol–water partition coefficient (Wildman–Crippen LogP) is 2.65. The third-order valence-corrected chi connectivity index (χ3v) is 4.99. The van der Waals surface area contributed by atoms with Gasteiger partial charge in [0.05, 0.1) is 19.3 Å². The van der Waals surface area contributed by atoms with Crippen molar-refractivity contribution in [1.82, 2.24) is 29.7 Å². The molecule has 4 aromatic rings. The van der Waals surface area contributed by atoms with Gasteiger partial charge in [0.2, 0.25) is 0 Å². The second-order valence-corrected chi connectivity index (χ2v) is 6.56. The van der Waals surface area contributed by atoms with Crippen molar-refractivity contribution in [3.05, 3.63) is 60.8 Å². The molecule has 0 bridgehead atoms. The second-order valence-electron chi connectivity index (χ2n) is 6.56. The molecule has 1 aliphatic rings. The molecule has 1 aliphatic heterocycles. The minimum absolute atomic E-state index is 0.232. The summed E-state index contributed by atoms with van der Waals surface area (Å²) in [6.07, 6.45) is 10.2. The summed E-state index contributed by atoms with van der Waals surface area (Å²) in [7, 11) is 0. The Kier molecular flexibility index (Phi) is 3.71. The summed E-state index contributed by atoms with van der Waals surface area (Å²) in [6, 6.07) is 8.30. The van der Waals surface area contributed by atoms with Crippen molar-refractivity contribution in [1.29, 1.82) is 0 Å². The van der Waals surface area contributed by atoms with Gasteiger partial charge >= 0.3 is 0 Å². The number of ether oxygens (including phenoxy) is 1. The Balaban J connectivity index is 1.50. The lowest BCUT2D eigenvalue weighted by Crippen LogP contribution is -2.20. The van der Waals surface area contributed by atoms with E-state index in [1.54, 1.807) is 6.20 Å². The summed E-state index contributed by atoms with van der Waals surface area (Å²) >= 11 is 0. The van der Waals surface area contributed by atoms with E-state index < -0.39 is 0 Å². The molecule has 2 atom stereocenters. The van der Waals surface area contributed by atoms with Gasteiger partial charge in [0.1, 0.15) is 5.69 Å². The molecule has 1 fully saturated rings. The third kappa shape index (κ3) is 2.57. The van der Waals surface area contributed by atoms with Gasteiger partial charge in [-0.15, -0.1) is 0 Å². The highest BCUT2D eigenvalue weighted by Crippen LogP contribution is 2.33. The van der Waals surface area contributed by atoms with E-state index in [4.69, 9.17) is 4.74 Å². The van der Waals surface area contributed by atoms with E-state index in [9.17, 15) is 0 Å². The molecule has 7 heteroatoms. The molecule has 0 unspecified atom stereocenters. The lowest BCUT2D eigenvalue weighted by Gasteiger charge is -2.21. The molecule has 1 N–H and O–H groups in total. The van der Waals surface area contributed by atoms with Crippen LogP contribution in [0.25, 0.3) is 22.6 Å². The number of aromatic amines is 1. The highest BCUT2D eigenvalue weighted by atomic mass is 16.5. The van der Waals surface area contributed by atoms with Crippen molar-refractivity contribution in [3.8, 4) is 11.5 Å². The van der Waals surface area contributed by atoms with E-state index in [1.807, 2.05) is 36.9 Å². The standard InChI is InChI=1S/C19H18N6O/c1-2-15-17(23-24-18(15)21-5-1)19-22-8-9-25(19)16-12-26-11-14(16)10-13-3-6-20-7-4-13/h1-9,14,16H,10-12H2,(H,21,23,24)/t14-,16-/m1/s1. The number of pyridine rings is 2. The number of nitrogens with zero attached hydrogens (tertiary/aromatic N) is 5. The fraction of sp³-hybridized carbons (Fsp3) is 0.263. The van der Waals surface area contributed by atoms with Gasteiger partial charge < -0.3 is 9.30 Å². The fourth-order valence-corrected chi connectivity index (χ4v) is 3.71. The van der Waals surface area contributed by atoms with E-state index in [-0.39, 0.29) is 6.04 Å². The quantitative estimate of drug-likeness (QED) is 0.614. The molecule has 7 nitrogen and oxygen atoms in total. The van der Waals surface area contributed by atoms with Crippen LogP contribution in [0, 0.1) is 5.92 Å². The van der Waals surface area contributed by atoms with Crippen LogP contribution in [0.15, 0.2) is 55.2 Å². The number of nitrogens with one attached hydrogen (secondary N) is 1. The zero-order valence-electron chi connectivity index (χ0n) is 14.1. The van der Waals surface area contributed by atoms with Crippen LogP contribution in [0.4, 0.5) is 0 Å². The van der Waals surface area contributed by atoms with Crippen LogP contribution in [0.1, 0.15) is 11.6 Å². The summed E-state index contributed by atoms with van der Waals surface area (Å²) in [5.41, 5.74) is 2.87. The predicted molar refractivity (Wildman–Crippen MR) is 96.4 cm³/mol. The first-order chi connectivity index (χ1) is 12.9. The number of H-pyrrole nitrogens is 1. The first kappa shape index (κ1) is 15.2. The first-order valence-electron chi connectivity index (χ1n) is 8.69. The highest BCUT2D eigenvalue weighted by molar-refractivity contribution is 5.88. The summed E-state index contributed by atoms with van der Waals surface area (Å²) in [5.74, 6) is 1.26. The van der Waals surface area contributed by atoms with Crippen LogP contribution in [0.3, 0.4) is 0 Å². The smallest absolute Gasteiger partial charge is 0.181 e. The molecular formula is C19H18N6O. The average molecular weight is 346 g/mol. The van der Waals surface area contributed by atoms with Gasteiger partial charge in [-0.3, -0.25) is 10.1 Å². The molecule has 0 aromatic carbocycles. The monoisotopic (exact) mass is 346 g/mol. The zero-order valence-corrected chi connectivity index (χ0v) is 14.1. The van der Waals surface area contributed by atoms with Crippen molar-refractivity contribution in [2.75, 3.05) is 13.2 Å². The SMILES string of the molecule is c1cnc2n[nH]c(-c3nccn3[C@@H]3COC[C@H]3Cc3ccncc3)c2c1. The number of hydrogen-bond donors (Lipinski definition) is 1. The van der Waals surface area contributed by atoms with E-state index in [0.29, 0.717) is 18.2 Å². The molecule has 130 valence electrons. The van der Waals surface area contributed by atoms with Gasteiger partial charge in [0.15, 0.2) is 11.5 Å². The van der Waals surface area contributed by atoms with E-state index in [0.717, 1.165) is 29.9 Å². The van der Waals surface area contributed by atoms with Crippen molar-refractivity contribution in [2.24, 2.45) is 5.92 Å². The van der Waals surface area contributed by atoms with Crippen LogP contribution in [-0.2, 0) is 11.2 Å². The van der Waals surface area contributed by atoms with E-state index >= 15 is 0 Å². The maximum Gasteiger partial charge on any atom is 0.181 e. The average Bonchev–Trinajstić information content (AvgIpc) is 3.41. The zero-order chi connectivity index (χ0) is 17.3. The van der Waals surface area contributed by atoms with Gasteiger partial charge in [0, 0.05) is 42.3 Å². The van der Waals surface area contributed by atoms with Crippen LogP contribution in [0.2, 0.25) is 0 Å². The molecular weight excluding hydrogens is 328 g/mol. The molecule has 0 spiro atoms. The van der Waals surface area contributed by atoms with Gasteiger partial charge in [-0.25, -0.2) is 9.97 Å². The van der Waals surface area contributed by atoms with E-state index in [1.165, 1.54) is 5.56 Å². The lowest BCUT2D eigenvalue weighted by atomic mass is 9.95. The van der Waals surface area contributed by atoms with Crippen molar-refractivity contribution in [3.63, 3.8) is 0 Å². The van der Waals surface area contributed by atoms with Gasteiger partial charge in [-0.1, -0.05) is 0 Å². The molecule has 26 heavy (non-hydrogen) atoms. The number of rotatable bonds is 4. The summed E-state index contributed by atoms with van der Waals surface area (Å²) in [6.45, 7) is 1.43. The molecule has 5 rings (SSSR count). The van der Waals surface area contributed by atoms with Crippen LogP contribution < -0.4 is 0 Å². The summed E-state index contributed by atoms with van der Waals surface area (Å²) in [5, 5.41) is 8.38. The Labute approximate surface area is 150 Å². The fourth-order valence-electron chi connectivity index (χ4n) is 3.71. The lowest BCUT2D eigenvalue weighted by molar-refractivity contribution is 0.181. The molecule has 0 amide bonds. The Morgan fingerprint density at radius 2 is 2.00 bits per heavy atom. The summed E-state index contributed by atoms with van der Waals surface area (Å²) in [4.78, 5) is 13.0. The number of fused-ring (bicyclic) bond motifs is 1. The second kappa shape index (κ2) is 6.34. The highest BCUT2D eigenvalue weighted by Gasteiger charge is 2.31. The minimum Gasteiger partial charge on any atom is -0.379 e. The largest absolute Gasteiger partial charge is 0.379 e. The molecule has 1 saturated heterocycles. The van der Waals surface area contributed by atoms with Crippen molar-refractivity contribution >= 4 is 11.0 Å². The Morgan fingerprint density at radius 3 is 2.92 bits per heavy atom. The Bertz CT molecular complexity index is 1020. The van der Waals surface area contributed by atoms with Crippen LogP contribution in [0.5, 0.6) is 0 Å².